The molecule has 3 rings (SSSR count). The van der Waals surface area contributed by atoms with Crippen LogP contribution >= 0.6 is 24.0 Å². The van der Waals surface area contributed by atoms with Gasteiger partial charge in [0.25, 0.3) is 0 Å². The maximum absolute atomic E-state index is 4.34. The minimum Gasteiger partial charge on any atom is -0.352 e. The highest BCUT2D eigenvalue weighted by Crippen LogP contribution is 2.13. The molecule has 0 radical (unpaired) electrons. The molecule has 1 aliphatic heterocycles. The Hall–Kier alpha value is -1.68. The third-order valence-corrected chi connectivity index (χ3v) is 4.54. The molecule has 0 aliphatic carbocycles. The fourth-order valence-electron chi connectivity index (χ4n) is 3.19. The highest BCUT2D eigenvalue weighted by molar-refractivity contribution is 14.0. The van der Waals surface area contributed by atoms with Crippen LogP contribution in [0.4, 0.5) is 0 Å². The van der Waals surface area contributed by atoms with E-state index in [4.69, 9.17) is 0 Å². The number of hydrogen-bond donors (Lipinski definition) is 2. The number of likely N-dealkylation sites (tertiary alicyclic amines) is 1. The van der Waals surface area contributed by atoms with Crippen LogP contribution in [0.1, 0.15) is 24.2 Å². The van der Waals surface area contributed by atoms with Gasteiger partial charge in [-0.3, -0.25) is 14.6 Å². The summed E-state index contributed by atoms with van der Waals surface area (Å²) in [7, 11) is 3.69. The average Bonchev–Trinajstić information content (AvgIpc) is 3.05. The number of aliphatic imine (C=N–C) groups is 1. The van der Waals surface area contributed by atoms with Crippen molar-refractivity contribution in [1.82, 2.24) is 30.3 Å². The molecule has 26 heavy (non-hydrogen) atoms. The van der Waals surface area contributed by atoms with Gasteiger partial charge >= 0.3 is 0 Å². The summed E-state index contributed by atoms with van der Waals surface area (Å²) in [6.07, 6.45) is 3.93. The maximum Gasteiger partial charge on any atom is 0.191 e. The van der Waals surface area contributed by atoms with Crippen LogP contribution in [0.25, 0.3) is 0 Å². The Morgan fingerprint density at radius 1 is 1.31 bits per heavy atom. The molecule has 7 nitrogen and oxygen atoms in total. The van der Waals surface area contributed by atoms with E-state index in [2.05, 4.69) is 60.9 Å². The fourth-order valence-corrected chi connectivity index (χ4v) is 3.19. The summed E-state index contributed by atoms with van der Waals surface area (Å²) in [6.45, 7) is 3.79. The third-order valence-electron chi connectivity index (χ3n) is 4.54. The Morgan fingerprint density at radius 3 is 2.81 bits per heavy atom. The molecule has 2 N–H and O–H groups in total. The fraction of sp³-hybridized carbons (Fsp3) is 0.500. The van der Waals surface area contributed by atoms with Crippen molar-refractivity contribution >= 4 is 29.9 Å². The minimum atomic E-state index is 0. The van der Waals surface area contributed by atoms with Crippen molar-refractivity contribution < 1.29 is 0 Å². The number of aryl methyl sites for hydroxylation is 1. The number of aromatic nitrogens is 3. The highest BCUT2D eigenvalue weighted by Gasteiger charge is 2.20. The van der Waals surface area contributed by atoms with Crippen LogP contribution in [-0.4, -0.2) is 51.8 Å². The number of nitrogens with zero attached hydrogens (tertiary/aromatic N) is 5. The first-order valence-electron chi connectivity index (χ1n) is 8.81. The van der Waals surface area contributed by atoms with E-state index >= 15 is 0 Å². The van der Waals surface area contributed by atoms with Gasteiger partial charge in [-0.1, -0.05) is 30.3 Å². The lowest BCUT2D eigenvalue weighted by molar-refractivity contribution is 0.192. The van der Waals surface area contributed by atoms with Gasteiger partial charge in [-0.2, -0.15) is 5.10 Å². The van der Waals surface area contributed by atoms with Crippen LogP contribution in [0.5, 0.6) is 0 Å². The van der Waals surface area contributed by atoms with E-state index in [1.54, 1.807) is 18.1 Å². The molecule has 1 saturated heterocycles. The van der Waals surface area contributed by atoms with Gasteiger partial charge in [0.1, 0.15) is 12.2 Å². The first kappa shape index (κ1) is 20.6. The molecule has 0 saturated carbocycles. The number of hydrogen-bond acceptors (Lipinski definition) is 4. The van der Waals surface area contributed by atoms with E-state index in [1.165, 1.54) is 12.0 Å². The summed E-state index contributed by atoms with van der Waals surface area (Å²) >= 11 is 0. The number of halogens is 1. The van der Waals surface area contributed by atoms with Crippen LogP contribution in [0.2, 0.25) is 0 Å². The first-order chi connectivity index (χ1) is 12.2. The van der Waals surface area contributed by atoms with E-state index in [0.29, 0.717) is 12.6 Å². The quantitative estimate of drug-likeness (QED) is 0.397. The first-order valence-corrected chi connectivity index (χ1v) is 8.81. The molecule has 1 unspecified atom stereocenters. The molecule has 1 aromatic carbocycles. The predicted octanol–water partition coefficient (Wildman–Crippen LogP) is 1.76. The standard InChI is InChI=1S/C18H27N7.HI/c1-19-18(20-11-17-21-14-22-24(17)2)23-16-9-6-10-25(13-16)12-15-7-4-3-5-8-15;/h3-5,7-8,14,16H,6,9-13H2,1-2H3,(H2,19,20,23);1H. The zero-order chi connectivity index (χ0) is 17.5. The van der Waals surface area contributed by atoms with Crippen LogP contribution in [-0.2, 0) is 20.1 Å². The molecule has 1 aliphatic rings. The zero-order valence-corrected chi connectivity index (χ0v) is 17.8. The number of benzene rings is 1. The summed E-state index contributed by atoms with van der Waals surface area (Å²) in [4.78, 5) is 11.1. The summed E-state index contributed by atoms with van der Waals surface area (Å²) in [5, 5.41) is 10.9. The van der Waals surface area contributed by atoms with Gasteiger partial charge in [0.2, 0.25) is 0 Å². The van der Waals surface area contributed by atoms with Crippen LogP contribution in [0, 0.1) is 0 Å². The number of piperidine rings is 1. The van der Waals surface area contributed by atoms with E-state index in [-0.39, 0.29) is 24.0 Å². The average molecular weight is 469 g/mol. The molecule has 2 heterocycles. The Kier molecular flexibility index (Phi) is 8.30. The number of rotatable bonds is 5. The second-order valence-electron chi connectivity index (χ2n) is 6.43. The normalized spacial score (nSPS) is 18.2. The lowest BCUT2D eigenvalue weighted by Crippen LogP contribution is -2.50. The smallest absolute Gasteiger partial charge is 0.191 e. The SMILES string of the molecule is CN=C(NCc1ncnn1C)NC1CCCN(Cc2ccccc2)C1.I. The van der Waals surface area contributed by atoms with Crippen molar-refractivity contribution in [2.24, 2.45) is 12.0 Å². The van der Waals surface area contributed by atoms with Crippen molar-refractivity contribution in [3.8, 4) is 0 Å². The molecule has 1 atom stereocenters. The van der Waals surface area contributed by atoms with Crippen molar-refractivity contribution in [3.63, 3.8) is 0 Å². The predicted molar refractivity (Wildman–Crippen MR) is 114 cm³/mol. The van der Waals surface area contributed by atoms with Crippen LogP contribution < -0.4 is 10.6 Å². The Morgan fingerprint density at radius 2 is 2.12 bits per heavy atom. The van der Waals surface area contributed by atoms with Gasteiger partial charge < -0.3 is 10.6 Å². The lowest BCUT2D eigenvalue weighted by atomic mass is 10.0. The van der Waals surface area contributed by atoms with E-state index in [9.17, 15) is 0 Å². The summed E-state index contributed by atoms with van der Waals surface area (Å²) in [6, 6.07) is 11.1. The molecule has 0 amide bonds. The van der Waals surface area contributed by atoms with Crippen molar-refractivity contribution in [3.05, 3.63) is 48.0 Å². The van der Waals surface area contributed by atoms with Gasteiger partial charge in [0.05, 0.1) is 6.54 Å². The minimum absolute atomic E-state index is 0. The molecule has 0 spiro atoms. The molecule has 1 fully saturated rings. The van der Waals surface area contributed by atoms with Crippen molar-refractivity contribution in [2.75, 3.05) is 20.1 Å². The van der Waals surface area contributed by atoms with Crippen molar-refractivity contribution in [1.29, 1.82) is 0 Å². The van der Waals surface area contributed by atoms with Crippen LogP contribution in [0.3, 0.4) is 0 Å². The highest BCUT2D eigenvalue weighted by atomic mass is 127. The molecular formula is C18H28IN7. The monoisotopic (exact) mass is 469 g/mol. The van der Waals surface area contributed by atoms with Crippen LogP contribution in [0.15, 0.2) is 41.7 Å². The number of guanidine groups is 1. The van der Waals surface area contributed by atoms with Gasteiger partial charge in [0.15, 0.2) is 5.96 Å². The molecule has 8 heteroatoms. The van der Waals surface area contributed by atoms with Gasteiger partial charge in [-0.15, -0.1) is 24.0 Å². The second-order valence-corrected chi connectivity index (χ2v) is 6.43. The number of nitrogens with one attached hydrogen (secondary N) is 2. The summed E-state index contributed by atoms with van der Waals surface area (Å²) < 4.78 is 1.77. The molecule has 142 valence electrons. The molecule has 0 bridgehead atoms. The van der Waals surface area contributed by atoms with Gasteiger partial charge in [-0.05, 0) is 24.9 Å². The molecular weight excluding hydrogens is 441 g/mol. The Labute approximate surface area is 172 Å². The topological polar surface area (TPSA) is 70.4 Å². The third kappa shape index (κ3) is 5.94. The summed E-state index contributed by atoms with van der Waals surface area (Å²) in [5.41, 5.74) is 1.37. The largest absolute Gasteiger partial charge is 0.352 e. The van der Waals surface area contributed by atoms with E-state index in [0.717, 1.165) is 37.8 Å². The Balaban J connectivity index is 0.00000243. The van der Waals surface area contributed by atoms with Gasteiger partial charge in [0, 0.05) is 33.2 Å². The lowest BCUT2D eigenvalue weighted by Gasteiger charge is -2.34. The molecule has 1 aromatic heterocycles. The van der Waals surface area contributed by atoms with Gasteiger partial charge in [-0.25, -0.2) is 4.98 Å². The zero-order valence-electron chi connectivity index (χ0n) is 15.4. The van der Waals surface area contributed by atoms with Crippen molar-refractivity contribution in [2.45, 2.75) is 32.0 Å². The van der Waals surface area contributed by atoms with E-state index < -0.39 is 0 Å². The molecule has 2 aromatic rings. The Bertz CT molecular complexity index is 686. The van der Waals surface area contributed by atoms with E-state index in [1.807, 2.05) is 7.05 Å². The maximum atomic E-state index is 4.34. The summed E-state index contributed by atoms with van der Waals surface area (Å²) in [5.74, 6) is 1.70. The second kappa shape index (κ2) is 10.5.